The van der Waals surface area contributed by atoms with Gasteiger partial charge in [-0.1, -0.05) is 13.8 Å². The van der Waals surface area contributed by atoms with Crippen LogP contribution in [0.2, 0.25) is 0 Å². The number of rotatable bonds is 5. The molecule has 1 aromatic rings. The largest absolute Gasteiger partial charge is 0.487 e. The van der Waals surface area contributed by atoms with Crippen molar-refractivity contribution in [3.8, 4) is 0 Å². The average molecular weight is 212 g/mol. The number of aromatic nitrogens is 2. The molecule has 86 valence electrons. The van der Waals surface area contributed by atoms with Gasteiger partial charge in [-0.2, -0.15) is 0 Å². The van der Waals surface area contributed by atoms with E-state index < -0.39 is 0 Å². The van der Waals surface area contributed by atoms with Crippen LogP contribution < -0.4 is 15.5 Å². The summed E-state index contributed by atoms with van der Waals surface area (Å²) in [7, 11) is 0. The predicted octanol–water partition coefficient (Wildman–Crippen LogP) is 0.426. The summed E-state index contributed by atoms with van der Waals surface area (Å²) in [6.07, 6.45) is 0. The molecule has 0 unspecified atom stereocenters. The molecule has 5 heteroatoms. The third-order valence-corrected chi connectivity index (χ3v) is 2.52. The molecule has 1 aromatic heterocycles. The highest BCUT2D eigenvalue weighted by molar-refractivity contribution is 4.80. The molecule has 0 aliphatic carbocycles. The molecular formula is C10H20N4O. The van der Waals surface area contributed by atoms with E-state index in [2.05, 4.69) is 24.0 Å². The molecule has 0 aliphatic heterocycles. The normalized spacial score (nSPS) is 11.6. The molecule has 0 saturated carbocycles. The quantitative estimate of drug-likeness (QED) is 0.720. The zero-order valence-electron chi connectivity index (χ0n) is 9.95. The highest BCUT2D eigenvalue weighted by atomic mass is 16.5. The average Bonchev–Trinajstić information content (AvgIpc) is 2.56. The molecule has 0 spiro atoms. The molecule has 0 bridgehead atoms. The summed E-state index contributed by atoms with van der Waals surface area (Å²) in [5, 5.41) is 11.5. The summed E-state index contributed by atoms with van der Waals surface area (Å²) < 4.78 is 6.68. The highest BCUT2D eigenvalue weighted by Gasteiger charge is 2.17. The molecule has 0 saturated heterocycles. The third kappa shape index (κ3) is 2.68. The van der Waals surface area contributed by atoms with Gasteiger partial charge in [0.05, 0.1) is 6.54 Å². The van der Waals surface area contributed by atoms with Crippen molar-refractivity contribution in [3.05, 3.63) is 11.2 Å². The summed E-state index contributed by atoms with van der Waals surface area (Å²) >= 11 is 0. The Kier molecular flexibility index (Phi) is 4.08. The van der Waals surface area contributed by atoms with Crippen LogP contribution in [-0.4, -0.2) is 18.0 Å². The maximum atomic E-state index is 7.65. The van der Waals surface area contributed by atoms with Crippen LogP contribution in [0, 0.1) is 5.41 Å². The number of hydrogen-bond acceptors (Lipinski definition) is 3. The molecule has 0 fully saturated rings. The SMILES string of the molecule is CCN(CC)Cc1c(=N)o[n-][n+]1C(C)C. The zero-order valence-corrected chi connectivity index (χ0v) is 9.95. The Morgan fingerprint density at radius 2 is 2.00 bits per heavy atom. The standard InChI is InChI=1S/C10H20N4O/c1-5-13(6-2)7-9-10(11)15-12-14(9)8(3)4/h8,11H,5-7H2,1-4H3. The van der Waals surface area contributed by atoms with Crippen LogP contribution >= 0.6 is 0 Å². The fourth-order valence-electron chi connectivity index (χ4n) is 1.50. The molecule has 0 amide bonds. The van der Waals surface area contributed by atoms with Gasteiger partial charge in [0, 0.05) is 0 Å². The van der Waals surface area contributed by atoms with Crippen molar-refractivity contribution in [2.24, 2.45) is 0 Å². The predicted molar refractivity (Wildman–Crippen MR) is 55.1 cm³/mol. The lowest BCUT2D eigenvalue weighted by Crippen LogP contribution is -2.46. The van der Waals surface area contributed by atoms with E-state index in [1.807, 2.05) is 13.8 Å². The fraction of sp³-hybridized carbons (Fsp3) is 0.800. The van der Waals surface area contributed by atoms with Crippen molar-refractivity contribution < 1.29 is 9.20 Å². The van der Waals surface area contributed by atoms with Gasteiger partial charge < -0.3 is 4.52 Å². The van der Waals surface area contributed by atoms with E-state index in [1.165, 1.54) is 0 Å². The van der Waals surface area contributed by atoms with E-state index in [-0.39, 0.29) is 11.6 Å². The molecule has 0 aromatic carbocycles. The molecule has 5 nitrogen and oxygen atoms in total. The van der Waals surface area contributed by atoms with Gasteiger partial charge in [-0.15, -0.1) is 0 Å². The van der Waals surface area contributed by atoms with E-state index in [4.69, 9.17) is 9.93 Å². The van der Waals surface area contributed by atoms with Gasteiger partial charge >= 0.3 is 0 Å². The van der Waals surface area contributed by atoms with Gasteiger partial charge in [-0.25, -0.2) is 4.68 Å². The second-order valence-electron chi connectivity index (χ2n) is 3.85. The van der Waals surface area contributed by atoms with Crippen molar-refractivity contribution in [1.82, 2.24) is 10.2 Å². The second kappa shape index (κ2) is 5.11. The first-order chi connectivity index (χ1) is 7.10. The topological polar surface area (TPSA) is 58.2 Å². The minimum absolute atomic E-state index is 0.176. The first-order valence-corrected chi connectivity index (χ1v) is 5.44. The number of nitrogens with zero attached hydrogens (tertiary/aromatic N) is 3. The first-order valence-electron chi connectivity index (χ1n) is 5.44. The first kappa shape index (κ1) is 12.0. The fourth-order valence-corrected chi connectivity index (χ4v) is 1.50. The summed E-state index contributed by atoms with van der Waals surface area (Å²) in [4.78, 5) is 2.24. The van der Waals surface area contributed by atoms with Crippen molar-refractivity contribution in [2.45, 2.75) is 40.3 Å². The number of hydrogen-bond donors (Lipinski definition) is 1. The molecule has 0 atom stereocenters. The van der Waals surface area contributed by atoms with Gasteiger partial charge in [-0.05, 0) is 26.9 Å². The van der Waals surface area contributed by atoms with Crippen molar-refractivity contribution in [2.75, 3.05) is 13.1 Å². The minimum Gasteiger partial charge on any atom is -0.487 e. The van der Waals surface area contributed by atoms with E-state index in [0.717, 1.165) is 25.3 Å². The van der Waals surface area contributed by atoms with Crippen LogP contribution in [-0.2, 0) is 6.54 Å². The van der Waals surface area contributed by atoms with Gasteiger partial charge in [-0.3, -0.25) is 15.6 Å². The van der Waals surface area contributed by atoms with Gasteiger partial charge in [0.1, 0.15) is 6.04 Å². The van der Waals surface area contributed by atoms with Crippen LogP contribution in [0.5, 0.6) is 0 Å². The lowest BCUT2D eigenvalue weighted by molar-refractivity contribution is -0.790. The minimum atomic E-state index is 0.176. The smallest absolute Gasteiger partial charge is 0.269 e. The lowest BCUT2D eigenvalue weighted by atomic mass is 10.3. The lowest BCUT2D eigenvalue weighted by Gasteiger charge is -2.16. The Morgan fingerprint density at radius 3 is 2.47 bits per heavy atom. The Hall–Kier alpha value is -1.10. The molecule has 0 radical (unpaired) electrons. The Balaban J connectivity index is 2.92. The molecular weight excluding hydrogens is 192 g/mol. The molecule has 1 rings (SSSR count). The molecule has 1 heterocycles. The van der Waals surface area contributed by atoms with E-state index in [9.17, 15) is 0 Å². The van der Waals surface area contributed by atoms with Crippen molar-refractivity contribution in [1.29, 1.82) is 5.41 Å². The maximum Gasteiger partial charge on any atom is 0.269 e. The Bertz CT molecular complexity index is 349. The summed E-state index contributed by atoms with van der Waals surface area (Å²) in [6.45, 7) is 11.0. The Labute approximate surface area is 90.2 Å². The maximum absolute atomic E-state index is 7.65. The monoisotopic (exact) mass is 212 g/mol. The third-order valence-electron chi connectivity index (χ3n) is 2.52. The number of nitrogens with one attached hydrogen (secondary N) is 1. The summed E-state index contributed by atoms with van der Waals surface area (Å²) in [5.41, 5.74) is 1.03. The molecule has 1 N–H and O–H groups in total. The van der Waals surface area contributed by atoms with E-state index in [0.29, 0.717) is 0 Å². The van der Waals surface area contributed by atoms with Crippen LogP contribution in [0.3, 0.4) is 0 Å². The van der Waals surface area contributed by atoms with Gasteiger partial charge in [0.25, 0.3) is 5.55 Å². The van der Waals surface area contributed by atoms with E-state index in [1.54, 1.807) is 4.68 Å². The molecule has 15 heavy (non-hydrogen) atoms. The molecule has 0 aliphatic rings. The van der Waals surface area contributed by atoms with Crippen molar-refractivity contribution in [3.63, 3.8) is 0 Å². The van der Waals surface area contributed by atoms with Gasteiger partial charge in [0.15, 0.2) is 0 Å². The van der Waals surface area contributed by atoms with Crippen LogP contribution in [0.1, 0.15) is 39.4 Å². The zero-order chi connectivity index (χ0) is 11.4. The summed E-state index contributed by atoms with van der Waals surface area (Å²) in [5.74, 6) is 0. The highest BCUT2D eigenvalue weighted by Crippen LogP contribution is 1.97. The van der Waals surface area contributed by atoms with Crippen LogP contribution in [0.4, 0.5) is 0 Å². The van der Waals surface area contributed by atoms with Gasteiger partial charge in [0.2, 0.25) is 5.69 Å². The Morgan fingerprint density at radius 1 is 1.40 bits per heavy atom. The van der Waals surface area contributed by atoms with Crippen LogP contribution in [0.15, 0.2) is 4.52 Å². The van der Waals surface area contributed by atoms with E-state index >= 15 is 0 Å². The second-order valence-corrected chi connectivity index (χ2v) is 3.85. The van der Waals surface area contributed by atoms with Crippen molar-refractivity contribution >= 4 is 0 Å². The van der Waals surface area contributed by atoms with Crippen LogP contribution in [0.25, 0.3) is 0 Å². The summed E-state index contributed by atoms with van der Waals surface area (Å²) in [6, 6.07) is 0.235.